The maximum atomic E-state index is 13.7. The van der Waals surface area contributed by atoms with Gasteiger partial charge in [-0.25, -0.2) is 14.8 Å². The van der Waals surface area contributed by atoms with Gasteiger partial charge in [0, 0.05) is 43.7 Å². The topological polar surface area (TPSA) is 104 Å². The third-order valence-corrected chi connectivity index (χ3v) is 8.12. The Hall–Kier alpha value is -3.79. The highest BCUT2D eigenvalue weighted by atomic mass is 35.5. The van der Waals surface area contributed by atoms with Crippen molar-refractivity contribution in [3.63, 3.8) is 0 Å². The van der Waals surface area contributed by atoms with Crippen LogP contribution in [0.3, 0.4) is 0 Å². The lowest BCUT2D eigenvalue weighted by Crippen LogP contribution is -2.50. The van der Waals surface area contributed by atoms with E-state index in [1.165, 1.54) is 12.8 Å². The molecule has 6 rings (SSSR count). The van der Waals surface area contributed by atoms with Gasteiger partial charge in [-0.15, -0.1) is 0 Å². The molecule has 1 saturated carbocycles. The fraction of sp³-hybridized carbons (Fsp3) is 0.484. The van der Waals surface area contributed by atoms with E-state index in [-0.39, 0.29) is 11.9 Å². The van der Waals surface area contributed by atoms with Crippen LogP contribution in [0.2, 0.25) is 5.15 Å². The number of ether oxygens (including phenoxy) is 2. The van der Waals surface area contributed by atoms with Crippen molar-refractivity contribution in [1.82, 2.24) is 29.3 Å². The van der Waals surface area contributed by atoms with E-state index in [0.29, 0.717) is 41.0 Å². The molecule has 2 aliphatic rings. The highest BCUT2D eigenvalue weighted by molar-refractivity contribution is 6.29. The van der Waals surface area contributed by atoms with E-state index in [1.54, 1.807) is 24.1 Å². The molecule has 4 aromatic rings. The van der Waals surface area contributed by atoms with Gasteiger partial charge >= 0.3 is 6.09 Å². The number of nitrogens with one attached hydrogen (secondary N) is 1. The van der Waals surface area contributed by atoms with Crippen molar-refractivity contribution in [3.8, 4) is 17.3 Å². The highest BCUT2D eigenvalue weighted by Gasteiger charge is 2.30. The molecule has 2 fully saturated rings. The first-order chi connectivity index (χ1) is 20.0. The Morgan fingerprint density at radius 1 is 1.12 bits per heavy atom. The lowest BCUT2D eigenvalue weighted by atomic mass is 10.0. The van der Waals surface area contributed by atoms with Crippen molar-refractivity contribution in [2.75, 3.05) is 20.2 Å². The molecular formula is C31H37ClN6O4. The molecule has 42 heavy (non-hydrogen) atoms. The number of nitrogens with zero attached hydrogens (tertiary/aromatic N) is 5. The van der Waals surface area contributed by atoms with Crippen LogP contribution in [-0.4, -0.2) is 67.8 Å². The molecule has 0 spiro atoms. The molecule has 0 radical (unpaired) electrons. The standard InChI is InChI=1S/C31H37ClN6O4/c1-31(2,3)42-30(40)33-21-7-6-12-37(17-21)29(39)20-13-22-26(24(15-20)41-5)36(4)28(34-22)23-14-19-10-11-25(32)35-27(19)38(23)16-18-8-9-18/h10-11,13-15,18,21H,6-9,12,16-17H2,1-5H3,(H,33,40). The number of carbonyl (C=O) groups excluding carboxylic acids is 2. The molecule has 1 aromatic carbocycles. The summed E-state index contributed by atoms with van der Waals surface area (Å²) in [5, 5.41) is 4.38. The summed E-state index contributed by atoms with van der Waals surface area (Å²) in [4.78, 5) is 37.5. The van der Waals surface area contributed by atoms with Crippen LogP contribution in [0.15, 0.2) is 30.3 Å². The Balaban J connectivity index is 1.32. The summed E-state index contributed by atoms with van der Waals surface area (Å²) in [6.07, 6.45) is 3.49. The van der Waals surface area contributed by atoms with Crippen molar-refractivity contribution in [2.24, 2.45) is 13.0 Å². The van der Waals surface area contributed by atoms with Gasteiger partial charge in [-0.05, 0) is 82.7 Å². The van der Waals surface area contributed by atoms with E-state index in [9.17, 15) is 9.59 Å². The Bertz CT molecular complexity index is 1680. The number of pyridine rings is 1. The number of aromatic nitrogens is 4. The van der Waals surface area contributed by atoms with Gasteiger partial charge in [0.2, 0.25) is 0 Å². The smallest absolute Gasteiger partial charge is 0.407 e. The van der Waals surface area contributed by atoms with Gasteiger partial charge in [-0.1, -0.05) is 11.6 Å². The Kier molecular flexibility index (Phi) is 7.29. The normalized spacial score (nSPS) is 17.6. The Labute approximate surface area is 249 Å². The molecule has 11 heteroatoms. The van der Waals surface area contributed by atoms with Gasteiger partial charge in [-0.3, -0.25) is 4.79 Å². The summed E-state index contributed by atoms with van der Waals surface area (Å²) in [6.45, 7) is 7.35. The number of halogens is 1. The summed E-state index contributed by atoms with van der Waals surface area (Å²) in [7, 11) is 3.57. The Morgan fingerprint density at radius 3 is 2.62 bits per heavy atom. The van der Waals surface area contributed by atoms with E-state index in [2.05, 4.69) is 20.9 Å². The van der Waals surface area contributed by atoms with Gasteiger partial charge in [0.1, 0.15) is 27.7 Å². The minimum absolute atomic E-state index is 0.125. The van der Waals surface area contributed by atoms with Crippen LogP contribution in [0.25, 0.3) is 33.6 Å². The lowest BCUT2D eigenvalue weighted by molar-refractivity contribution is 0.0452. The molecule has 1 aliphatic carbocycles. The zero-order valence-corrected chi connectivity index (χ0v) is 25.5. The number of alkyl carbamates (subject to hydrolysis) is 1. The van der Waals surface area contributed by atoms with E-state index in [1.807, 2.05) is 44.5 Å². The van der Waals surface area contributed by atoms with Crippen LogP contribution in [0, 0.1) is 5.92 Å². The van der Waals surface area contributed by atoms with Crippen molar-refractivity contribution in [3.05, 3.63) is 41.0 Å². The van der Waals surface area contributed by atoms with Gasteiger partial charge in [0.05, 0.1) is 18.3 Å². The third kappa shape index (κ3) is 5.64. The van der Waals surface area contributed by atoms with Gasteiger partial charge < -0.3 is 28.8 Å². The molecule has 1 saturated heterocycles. The molecule has 3 aromatic heterocycles. The molecule has 1 aliphatic heterocycles. The first-order valence-corrected chi connectivity index (χ1v) is 14.9. The number of benzene rings is 1. The Morgan fingerprint density at radius 2 is 1.90 bits per heavy atom. The monoisotopic (exact) mass is 592 g/mol. The number of fused-ring (bicyclic) bond motifs is 2. The van der Waals surface area contributed by atoms with Gasteiger partial charge in [0.15, 0.2) is 5.82 Å². The maximum absolute atomic E-state index is 13.7. The van der Waals surface area contributed by atoms with Crippen molar-refractivity contribution < 1.29 is 19.1 Å². The van der Waals surface area contributed by atoms with E-state index < -0.39 is 11.7 Å². The predicted molar refractivity (Wildman–Crippen MR) is 162 cm³/mol. The molecule has 1 N–H and O–H groups in total. The molecular weight excluding hydrogens is 556 g/mol. The van der Waals surface area contributed by atoms with Gasteiger partial charge in [-0.2, -0.15) is 0 Å². The molecule has 1 atom stereocenters. The highest BCUT2D eigenvalue weighted by Crippen LogP contribution is 2.38. The third-order valence-electron chi connectivity index (χ3n) is 7.91. The number of piperidine rings is 1. The van der Waals surface area contributed by atoms with Crippen LogP contribution in [-0.2, 0) is 18.3 Å². The van der Waals surface area contributed by atoms with E-state index in [4.69, 9.17) is 26.1 Å². The first-order valence-electron chi connectivity index (χ1n) is 14.5. The summed E-state index contributed by atoms with van der Waals surface area (Å²) in [6, 6.07) is 9.33. The van der Waals surface area contributed by atoms with E-state index in [0.717, 1.165) is 47.5 Å². The van der Waals surface area contributed by atoms with Crippen LogP contribution in [0.1, 0.15) is 56.8 Å². The lowest BCUT2D eigenvalue weighted by Gasteiger charge is -2.33. The van der Waals surface area contributed by atoms with Gasteiger partial charge in [0.25, 0.3) is 5.91 Å². The number of rotatable bonds is 6. The average Bonchev–Trinajstić information content (AvgIpc) is 3.61. The minimum Gasteiger partial charge on any atom is -0.494 e. The molecule has 0 bridgehead atoms. The van der Waals surface area contributed by atoms with Crippen LogP contribution < -0.4 is 10.1 Å². The minimum atomic E-state index is -0.586. The number of carbonyl (C=O) groups is 2. The maximum Gasteiger partial charge on any atom is 0.407 e. The molecule has 10 nitrogen and oxygen atoms in total. The number of aryl methyl sites for hydroxylation is 1. The summed E-state index contributed by atoms with van der Waals surface area (Å²) < 4.78 is 15.4. The van der Waals surface area contributed by atoms with Crippen LogP contribution >= 0.6 is 11.6 Å². The van der Waals surface area contributed by atoms with E-state index >= 15 is 0 Å². The average molecular weight is 593 g/mol. The fourth-order valence-electron chi connectivity index (χ4n) is 5.79. The second kappa shape index (κ2) is 10.8. The second-order valence-electron chi connectivity index (χ2n) is 12.4. The van der Waals surface area contributed by atoms with Crippen LogP contribution in [0.4, 0.5) is 4.79 Å². The van der Waals surface area contributed by atoms with Crippen molar-refractivity contribution in [2.45, 2.75) is 64.6 Å². The zero-order chi connectivity index (χ0) is 29.8. The summed E-state index contributed by atoms with van der Waals surface area (Å²) in [5.41, 5.74) is 3.18. The molecule has 4 heterocycles. The van der Waals surface area contributed by atoms with Crippen molar-refractivity contribution in [1.29, 1.82) is 0 Å². The number of hydrogen-bond donors (Lipinski definition) is 1. The zero-order valence-electron chi connectivity index (χ0n) is 24.7. The largest absolute Gasteiger partial charge is 0.494 e. The quantitative estimate of drug-likeness (QED) is 0.284. The SMILES string of the molecule is COc1cc(C(=O)N2CCCC(NC(=O)OC(C)(C)C)C2)cc2nc(-c3cc4ccc(Cl)nc4n3CC3CC3)n(C)c12. The predicted octanol–water partition coefficient (Wildman–Crippen LogP) is 5.79. The number of imidazole rings is 1. The van der Waals surface area contributed by atoms with Crippen molar-refractivity contribution >= 4 is 45.7 Å². The fourth-order valence-corrected chi connectivity index (χ4v) is 5.93. The number of methoxy groups -OCH3 is 1. The summed E-state index contributed by atoms with van der Waals surface area (Å²) >= 11 is 6.28. The molecule has 2 amide bonds. The van der Waals surface area contributed by atoms with Crippen LogP contribution in [0.5, 0.6) is 5.75 Å². The number of amides is 2. The number of likely N-dealkylation sites (tertiary alicyclic amines) is 1. The molecule has 1 unspecified atom stereocenters. The molecule has 222 valence electrons. The number of hydrogen-bond acceptors (Lipinski definition) is 6. The first kappa shape index (κ1) is 28.3. The summed E-state index contributed by atoms with van der Waals surface area (Å²) in [5.74, 6) is 1.83. The second-order valence-corrected chi connectivity index (χ2v) is 12.8.